The largest absolute Gasteiger partial charge is 0.330 e. The third-order valence-corrected chi connectivity index (χ3v) is 3.51. The second kappa shape index (κ2) is 8.73. The summed E-state index contributed by atoms with van der Waals surface area (Å²) >= 11 is 0. The van der Waals surface area contributed by atoms with E-state index in [4.69, 9.17) is 11.0 Å². The summed E-state index contributed by atoms with van der Waals surface area (Å²) in [4.78, 5) is 2.44. The van der Waals surface area contributed by atoms with Crippen molar-refractivity contribution in [3.8, 4) is 6.07 Å². The van der Waals surface area contributed by atoms with Crippen molar-refractivity contribution in [3.63, 3.8) is 0 Å². The monoisotopic (exact) mass is 273 g/mol. The van der Waals surface area contributed by atoms with Gasteiger partial charge in [0.2, 0.25) is 0 Å². The number of rotatable bonds is 9. The van der Waals surface area contributed by atoms with Crippen molar-refractivity contribution < 1.29 is 0 Å². The molecule has 0 bridgehead atoms. The lowest BCUT2D eigenvalue weighted by atomic mass is 9.90. The van der Waals surface area contributed by atoms with Crippen molar-refractivity contribution in [2.75, 3.05) is 19.6 Å². The van der Waals surface area contributed by atoms with Gasteiger partial charge in [-0.1, -0.05) is 30.3 Å². The molecule has 0 radical (unpaired) electrons. The molecule has 3 nitrogen and oxygen atoms in total. The van der Waals surface area contributed by atoms with Gasteiger partial charge in [0.25, 0.3) is 0 Å². The van der Waals surface area contributed by atoms with Gasteiger partial charge in [-0.3, -0.25) is 4.90 Å². The van der Waals surface area contributed by atoms with Crippen LogP contribution in [-0.4, -0.2) is 24.5 Å². The van der Waals surface area contributed by atoms with Gasteiger partial charge in [-0.2, -0.15) is 5.26 Å². The van der Waals surface area contributed by atoms with E-state index in [0.717, 1.165) is 45.4 Å². The molecular weight excluding hydrogens is 246 g/mol. The maximum absolute atomic E-state index is 9.06. The van der Waals surface area contributed by atoms with E-state index in [1.807, 2.05) is 19.9 Å². The molecular formula is C17H27N3. The standard InChI is InChI=1S/C17H27N3/c1-17(2,15-19)10-6-12-20(13-7-11-18)14-16-8-4-3-5-9-16/h3-5,8-9H,6-7,10-14,18H2,1-2H3. The normalized spacial score (nSPS) is 11.6. The first kappa shape index (κ1) is 16.7. The summed E-state index contributed by atoms with van der Waals surface area (Å²) in [7, 11) is 0. The highest BCUT2D eigenvalue weighted by Crippen LogP contribution is 2.21. The van der Waals surface area contributed by atoms with E-state index in [-0.39, 0.29) is 5.41 Å². The fourth-order valence-corrected chi connectivity index (χ4v) is 2.23. The number of nitrogens with two attached hydrogens (primary N) is 1. The molecule has 0 saturated carbocycles. The van der Waals surface area contributed by atoms with E-state index in [9.17, 15) is 0 Å². The van der Waals surface area contributed by atoms with Crippen LogP contribution in [0.1, 0.15) is 38.7 Å². The second-order valence-corrected chi connectivity index (χ2v) is 6.00. The Bertz CT molecular complexity index is 406. The van der Waals surface area contributed by atoms with Gasteiger partial charge in [-0.05, 0) is 58.3 Å². The number of hydrogen-bond donors (Lipinski definition) is 1. The van der Waals surface area contributed by atoms with Crippen molar-refractivity contribution in [3.05, 3.63) is 35.9 Å². The Morgan fingerprint density at radius 3 is 2.40 bits per heavy atom. The average molecular weight is 273 g/mol. The lowest BCUT2D eigenvalue weighted by molar-refractivity contribution is 0.246. The Kier molecular flexibility index (Phi) is 7.28. The molecule has 0 aromatic heterocycles. The Morgan fingerprint density at radius 2 is 1.80 bits per heavy atom. The molecule has 110 valence electrons. The first-order valence-electron chi connectivity index (χ1n) is 7.45. The smallest absolute Gasteiger partial charge is 0.0683 e. The first-order valence-corrected chi connectivity index (χ1v) is 7.45. The lowest BCUT2D eigenvalue weighted by Crippen LogP contribution is -2.28. The highest BCUT2D eigenvalue weighted by molar-refractivity contribution is 5.14. The lowest BCUT2D eigenvalue weighted by Gasteiger charge is -2.24. The summed E-state index contributed by atoms with van der Waals surface area (Å²) in [5, 5.41) is 9.06. The van der Waals surface area contributed by atoms with Gasteiger partial charge in [-0.15, -0.1) is 0 Å². The number of benzene rings is 1. The molecule has 1 aromatic carbocycles. The molecule has 20 heavy (non-hydrogen) atoms. The van der Waals surface area contributed by atoms with Gasteiger partial charge >= 0.3 is 0 Å². The molecule has 0 unspecified atom stereocenters. The molecule has 0 atom stereocenters. The van der Waals surface area contributed by atoms with Crippen LogP contribution in [0.4, 0.5) is 0 Å². The number of nitriles is 1. The Balaban J connectivity index is 2.46. The van der Waals surface area contributed by atoms with Crippen LogP contribution in [0.25, 0.3) is 0 Å². The van der Waals surface area contributed by atoms with Crippen molar-refractivity contribution in [2.24, 2.45) is 11.1 Å². The fourth-order valence-electron chi connectivity index (χ4n) is 2.23. The van der Waals surface area contributed by atoms with Gasteiger partial charge in [0.05, 0.1) is 11.5 Å². The number of hydrogen-bond acceptors (Lipinski definition) is 3. The third-order valence-electron chi connectivity index (χ3n) is 3.51. The second-order valence-electron chi connectivity index (χ2n) is 6.00. The van der Waals surface area contributed by atoms with Crippen molar-refractivity contribution in [1.82, 2.24) is 4.90 Å². The van der Waals surface area contributed by atoms with E-state index >= 15 is 0 Å². The predicted octanol–water partition coefficient (Wildman–Crippen LogP) is 3.17. The average Bonchev–Trinajstić information content (AvgIpc) is 2.45. The van der Waals surface area contributed by atoms with Crippen LogP contribution in [0.3, 0.4) is 0 Å². The summed E-state index contributed by atoms with van der Waals surface area (Å²) in [6, 6.07) is 12.9. The molecule has 0 saturated heterocycles. The first-order chi connectivity index (χ1) is 9.57. The minimum atomic E-state index is -0.216. The molecule has 0 heterocycles. The molecule has 0 fully saturated rings. The maximum atomic E-state index is 9.06. The molecule has 0 aliphatic heterocycles. The predicted molar refractivity (Wildman–Crippen MR) is 84.0 cm³/mol. The van der Waals surface area contributed by atoms with Gasteiger partial charge in [0.1, 0.15) is 0 Å². The van der Waals surface area contributed by atoms with Crippen LogP contribution >= 0.6 is 0 Å². The van der Waals surface area contributed by atoms with Crippen molar-refractivity contribution in [2.45, 2.75) is 39.7 Å². The van der Waals surface area contributed by atoms with Crippen molar-refractivity contribution in [1.29, 1.82) is 5.26 Å². The quantitative estimate of drug-likeness (QED) is 0.752. The van der Waals surface area contributed by atoms with Gasteiger partial charge in [0, 0.05) is 6.54 Å². The Labute approximate surface area is 123 Å². The zero-order valence-corrected chi connectivity index (χ0v) is 12.8. The maximum Gasteiger partial charge on any atom is 0.0683 e. The summed E-state index contributed by atoms with van der Waals surface area (Å²) < 4.78 is 0. The Morgan fingerprint density at radius 1 is 1.15 bits per heavy atom. The summed E-state index contributed by atoms with van der Waals surface area (Å²) in [6.07, 6.45) is 3.02. The van der Waals surface area contributed by atoms with Gasteiger partial charge in [-0.25, -0.2) is 0 Å². The molecule has 0 amide bonds. The fraction of sp³-hybridized carbons (Fsp3) is 0.588. The molecule has 2 N–H and O–H groups in total. The molecule has 0 aliphatic rings. The molecule has 0 spiro atoms. The summed E-state index contributed by atoms with van der Waals surface area (Å²) in [5.41, 5.74) is 6.74. The molecule has 1 aromatic rings. The van der Waals surface area contributed by atoms with E-state index < -0.39 is 0 Å². The minimum Gasteiger partial charge on any atom is -0.330 e. The SMILES string of the molecule is CC(C)(C#N)CCCN(CCCN)Cc1ccccc1. The van der Waals surface area contributed by atoms with Crippen LogP contribution < -0.4 is 5.73 Å². The molecule has 3 heteroatoms. The topological polar surface area (TPSA) is 53.0 Å². The van der Waals surface area contributed by atoms with Crippen LogP contribution in [0.5, 0.6) is 0 Å². The van der Waals surface area contributed by atoms with E-state index in [1.54, 1.807) is 0 Å². The van der Waals surface area contributed by atoms with E-state index in [2.05, 4.69) is 35.2 Å². The van der Waals surface area contributed by atoms with Gasteiger partial charge in [0.15, 0.2) is 0 Å². The van der Waals surface area contributed by atoms with Crippen LogP contribution in [0.2, 0.25) is 0 Å². The highest BCUT2D eigenvalue weighted by atomic mass is 15.1. The molecule has 1 rings (SSSR count). The van der Waals surface area contributed by atoms with Crippen LogP contribution in [0.15, 0.2) is 30.3 Å². The Hall–Kier alpha value is -1.37. The van der Waals surface area contributed by atoms with Crippen LogP contribution in [-0.2, 0) is 6.54 Å². The molecule has 0 aliphatic carbocycles. The van der Waals surface area contributed by atoms with Crippen molar-refractivity contribution >= 4 is 0 Å². The van der Waals surface area contributed by atoms with Gasteiger partial charge < -0.3 is 5.73 Å². The van der Waals surface area contributed by atoms with Crippen LogP contribution in [0, 0.1) is 16.7 Å². The number of nitrogens with zero attached hydrogens (tertiary/aromatic N) is 2. The summed E-state index contributed by atoms with van der Waals surface area (Å²) in [6.45, 7) is 7.77. The van der Waals surface area contributed by atoms with E-state index in [0.29, 0.717) is 0 Å². The highest BCUT2D eigenvalue weighted by Gasteiger charge is 2.16. The third kappa shape index (κ3) is 6.70. The summed E-state index contributed by atoms with van der Waals surface area (Å²) in [5.74, 6) is 0. The zero-order chi connectivity index (χ0) is 14.8. The zero-order valence-electron chi connectivity index (χ0n) is 12.8. The minimum absolute atomic E-state index is 0.216. The van der Waals surface area contributed by atoms with E-state index in [1.165, 1.54) is 5.56 Å².